The van der Waals surface area contributed by atoms with Crippen LogP contribution in [0, 0.1) is 11.6 Å². The molecule has 2 unspecified atom stereocenters. The lowest BCUT2D eigenvalue weighted by Crippen LogP contribution is -2.50. The van der Waals surface area contributed by atoms with E-state index in [9.17, 15) is 13.9 Å². The molecule has 2 atom stereocenters. The molecule has 5 heteroatoms. The second-order valence-corrected chi connectivity index (χ2v) is 5.82. The molecule has 0 bridgehead atoms. The van der Waals surface area contributed by atoms with Gasteiger partial charge in [-0.1, -0.05) is 6.92 Å². The highest BCUT2D eigenvalue weighted by atomic mass is 79.9. The number of nitrogens with one attached hydrogen (secondary N) is 1. The van der Waals surface area contributed by atoms with E-state index in [0.29, 0.717) is 11.3 Å². The van der Waals surface area contributed by atoms with Crippen molar-refractivity contribution in [3.05, 3.63) is 27.7 Å². The van der Waals surface area contributed by atoms with E-state index in [2.05, 4.69) is 21.2 Å². The van der Waals surface area contributed by atoms with Gasteiger partial charge in [-0.15, -0.1) is 0 Å². The minimum absolute atomic E-state index is 0.184. The lowest BCUT2D eigenvalue weighted by atomic mass is 9.79. The van der Waals surface area contributed by atoms with E-state index in [-0.39, 0.29) is 4.47 Å². The maximum Gasteiger partial charge on any atom is 0.145 e. The largest absolute Gasteiger partial charge is 0.390 e. The summed E-state index contributed by atoms with van der Waals surface area (Å²) in [5.41, 5.74) is 0.121. The minimum atomic E-state index is -0.734. The van der Waals surface area contributed by atoms with Gasteiger partial charge in [0, 0.05) is 17.2 Å². The Labute approximate surface area is 107 Å². The molecule has 2 rings (SSSR count). The summed E-state index contributed by atoms with van der Waals surface area (Å²) in [6.45, 7) is 5.34. The number of fused-ring (bicyclic) bond motifs is 1. The van der Waals surface area contributed by atoms with Crippen molar-refractivity contribution in [2.45, 2.75) is 38.3 Å². The van der Waals surface area contributed by atoms with E-state index in [0.717, 1.165) is 0 Å². The first-order valence-electron chi connectivity index (χ1n) is 5.39. The topological polar surface area (TPSA) is 32.3 Å². The van der Waals surface area contributed by atoms with Crippen molar-refractivity contribution >= 4 is 21.6 Å². The molecule has 2 nitrogen and oxygen atoms in total. The highest BCUT2D eigenvalue weighted by Gasteiger charge is 2.40. The molecular formula is C12H14BrF2NO. The number of benzene rings is 1. The second kappa shape index (κ2) is 3.92. The lowest BCUT2D eigenvalue weighted by molar-refractivity contribution is 0.0853. The van der Waals surface area contributed by atoms with Gasteiger partial charge < -0.3 is 10.4 Å². The molecule has 2 N–H and O–H groups in total. The summed E-state index contributed by atoms with van der Waals surface area (Å²) >= 11 is 2.87. The number of rotatable bonds is 0. The van der Waals surface area contributed by atoms with Gasteiger partial charge >= 0.3 is 0 Å². The summed E-state index contributed by atoms with van der Waals surface area (Å²) in [4.78, 5) is 0. The third-order valence-electron chi connectivity index (χ3n) is 3.33. The molecular weight excluding hydrogens is 292 g/mol. The number of halogens is 3. The van der Waals surface area contributed by atoms with Crippen LogP contribution in [0.1, 0.15) is 32.3 Å². The molecule has 1 aromatic rings. The van der Waals surface area contributed by atoms with Crippen LogP contribution >= 0.6 is 15.9 Å². The molecule has 0 fully saturated rings. The molecule has 1 aromatic carbocycles. The monoisotopic (exact) mass is 305 g/mol. The smallest absolute Gasteiger partial charge is 0.145 e. The number of anilines is 1. The van der Waals surface area contributed by atoms with E-state index < -0.39 is 29.2 Å². The first-order chi connectivity index (χ1) is 7.75. The first-order valence-corrected chi connectivity index (χ1v) is 6.18. The van der Waals surface area contributed by atoms with Crippen molar-refractivity contribution in [1.29, 1.82) is 0 Å². The van der Waals surface area contributed by atoms with Crippen LogP contribution < -0.4 is 5.32 Å². The normalized spacial score (nSPS) is 26.3. The Hall–Kier alpha value is -0.680. The van der Waals surface area contributed by atoms with Gasteiger partial charge in [-0.3, -0.25) is 0 Å². The predicted octanol–water partition coefficient (Wildman–Crippen LogP) is 3.40. The molecule has 0 saturated heterocycles. The summed E-state index contributed by atoms with van der Waals surface area (Å²) in [5, 5.41) is 13.1. The molecule has 1 aliphatic heterocycles. The van der Waals surface area contributed by atoms with Crippen LogP contribution in [0.15, 0.2) is 10.5 Å². The van der Waals surface area contributed by atoms with Crippen LogP contribution in [0.2, 0.25) is 0 Å². The summed E-state index contributed by atoms with van der Waals surface area (Å²) in [5.74, 6) is -1.68. The van der Waals surface area contributed by atoms with Gasteiger partial charge in [-0.05, 0) is 35.8 Å². The van der Waals surface area contributed by atoms with Crippen molar-refractivity contribution in [2.75, 3.05) is 5.32 Å². The average molecular weight is 306 g/mol. The third-order valence-corrected chi connectivity index (χ3v) is 4.05. The minimum Gasteiger partial charge on any atom is -0.390 e. The molecule has 17 heavy (non-hydrogen) atoms. The van der Waals surface area contributed by atoms with E-state index in [1.165, 1.54) is 6.07 Å². The van der Waals surface area contributed by atoms with Gasteiger partial charge in [0.25, 0.3) is 0 Å². The highest BCUT2D eigenvalue weighted by Crippen LogP contribution is 2.42. The summed E-state index contributed by atoms with van der Waals surface area (Å²) in [7, 11) is 0. The van der Waals surface area contributed by atoms with Gasteiger partial charge in [0.05, 0.1) is 16.1 Å². The third kappa shape index (κ3) is 1.85. The molecule has 1 aliphatic rings. The molecule has 94 valence electrons. The fourth-order valence-electron chi connectivity index (χ4n) is 2.36. The average Bonchev–Trinajstić information content (AvgIpc) is 2.22. The van der Waals surface area contributed by atoms with Gasteiger partial charge in [-0.25, -0.2) is 8.78 Å². The Bertz CT molecular complexity index is 476. The van der Waals surface area contributed by atoms with Crippen LogP contribution in [-0.4, -0.2) is 16.7 Å². The number of hydrogen-bond donors (Lipinski definition) is 2. The van der Waals surface area contributed by atoms with Gasteiger partial charge in [0.2, 0.25) is 0 Å². The van der Waals surface area contributed by atoms with Gasteiger partial charge in [0.1, 0.15) is 11.6 Å². The van der Waals surface area contributed by atoms with Crippen molar-refractivity contribution in [3.8, 4) is 0 Å². The quantitative estimate of drug-likeness (QED) is 0.720. The molecule has 1 heterocycles. The Kier molecular flexibility index (Phi) is 2.94. The number of hydrogen-bond acceptors (Lipinski definition) is 2. The zero-order valence-corrected chi connectivity index (χ0v) is 11.4. The SMILES string of the molecule is CC1c2c(cc(F)c(Br)c2F)NC(C)(C)C1O. The Balaban J connectivity index is 2.65. The molecule has 0 radical (unpaired) electrons. The van der Waals surface area contributed by atoms with Crippen LogP contribution in [0.4, 0.5) is 14.5 Å². The fourth-order valence-corrected chi connectivity index (χ4v) is 2.69. The van der Waals surface area contributed by atoms with Gasteiger partial charge in [0.15, 0.2) is 0 Å². The summed E-state index contributed by atoms with van der Waals surface area (Å²) in [6, 6.07) is 1.26. The zero-order valence-electron chi connectivity index (χ0n) is 9.81. The number of aliphatic hydroxyl groups excluding tert-OH is 1. The van der Waals surface area contributed by atoms with E-state index >= 15 is 0 Å². The van der Waals surface area contributed by atoms with Crippen molar-refractivity contribution in [2.24, 2.45) is 0 Å². The fraction of sp³-hybridized carbons (Fsp3) is 0.500. The predicted molar refractivity (Wildman–Crippen MR) is 66.2 cm³/mol. The maximum absolute atomic E-state index is 14.0. The standard InChI is InChI=1S/C12H14BrF2NO/c1-5-8-7(16-12(2,3)11(5)17)4-6(14)9(13)10(8)15/h4-5,11,16-17H,1-3H3. The van der Waals surface area contributed by atoms with Crippen molar-refractivity contribution in [3.63, 3.8) is 0 Å². The molecule has 0 aliphatic carbocycles. The van der Waals surface area contributed by atoms with E-state index in [1.807, 2.05) is 0 Å². The van der Waals surface area contributed by atoms with Crippen molar-refractivity contribution in [1.82, 2.24) is 0 Å². The highest BCUT2D eigenvalue weighted by molar-refractivity contribution is 9.10. The maximum atomic E-state index is 14.0. The Morgan fingerprint density at radius 1 is 1.41 bits per heavy atom. The molecule has 0 spiro atoms. The zero-order chi connectivity index (χ0) is 13.0. The van der Waals surface area contributed by atoms with E-state index in [4.69, 9.17) is 0 Å². The van der Waals surface area contributed by atoms with Crippen LogP contribution in [-0.2, 0) is 0 Å². The van der Waals surface area contributed by atoms with Gasteiger partial charge in [-0.2, -0.15) is 0 Å². The molecule has 0 amide bonds. The summed E-state index contributed by atoms with van der Waals surface area (Å²) in [6.07, 6.45) is -0.734. The van der Waals surface area contributed by atoms with Crippen LogP contribution in [0.5, 0.6) is 0 Å². The van der Waals surface area contributed by atoms with Crippen LogP contribution in [0.3, 0.4) is 0 Å². The van der Waals surface area contributed by atoms with Crippen LogP contribution in [0.25, 0.3) is 0 Å². The number of aliphatic hydroxyl groups is 1. The second-order valence-electron chi connectivity index (χ2n) is 5.03. The Morgan fingerprint density at radius 3 is 2.59 bits per heavy atom. The molecule has 0 aromatic heterocycles. The lowest BCUT2D eigenvalue weighted by Gasteiger charge is -2.42. The Morgan fingerprint density at radius 2 is 2.00 bits per heavy atom. The first kappa shape index (κ1) is 12.8. The molecule has 0 saturated carbocycles. The van der Waals surface area contributed by atoms with Crippen molar-refractivity contribution < 1.29 is 13.9 Å². The van der Waals surface area contributed by atoms with E-state index in [1.54, 1.807) is 20.8 Å². The summed E-state index contributed by atoms with van der Waals surface area (Å²) < 4.78 is 27.3.